The molecule has 0 aromatic carbocycles. The minimum absolute atomic E-state index is 0.118. The molecule has 1 aromatic rings. The van der Waals surface area contributed by atoms with E-state index in [1.165, 1.54) is 0 Å². The number of Topliss-reactive ketones (excluding diaryl/α,β-unsaturated/α-hetero) is 1. The van der Waals surface area contributed by atoms with Gasteiger partial charge >= 0.3 is 0 Å². The molecule has 0 spiro atoms. The summed E-state index contributed by atoms with van der Waals surface area (Å²) in [6.45, 7) is 5.39. The lowest BCUT2D eigenvalue weighted by atomic mass is 9.87. The Morgan fingerprint density at radius 2 is 2.07 bits per heavy atom. The Morgan fingerprint density at radius 1 is 1.50 bits per heavy atom. The highest BCUT2D eigenvalue weighted by Gasteiger charge is 2.36. The monoisotopic (exact) mass is 195 g/mol. The second-order valence-electron chi connectivity index (χ2n) is 3.91. The maximum Gasteiger partial charge on any atom is 0.154 e. The number of carbonyl (C=O) groups is 1. The second kappa shape index (κ2) is 3.58. The maximum atomic E-state index is 11.7. The largest absolute Gasteiger partial charge is 0.469 e. The van der Waals surface area contributed by atoms with E-state index in [9.17, 15) is 4.79 Å². The van der Waals surface area contributed by atoms with Gasteiger partial charge in [0.1, 0.15) is 11.3 Å². The second-order valence-corrected chi connectivity index (χ2v) is 3.91. The molecular weight excluding hydrogens is 178 g/mol. The Morgan fingerprint density at radius 3 is 2.36 bits per heavy atom. The Bertz CT molecular complexity index is 341. The van der Waals surface area contributed by atoms with Crippen LogP contribution in [-0.4, -0.2) is 24.8 Å². The van der Waals surface area contributed by atoms with E-state index in [2.05, 4.69) is 0 Å². The van der Waals surface area contributed by atoms with E-state index in [-0.39, 0.29) is 5.78 Å². The summed E-state index contributed by atoms with van der Waals surface area (Å²) in [6, 6.07) is 1.86. The van der Waals surface area contributed by atoms with Crippen molar-refractivity contribution in [2.24, 2.45) is 0 Å². The first-order chi connectivity index (χ1) is 6.40. The zero-order chi connectivity index (χ0) is 10.9. The molecule has 0 saturated heterocycles. The van der Waals surface area contributed by atoms with Gasteiger partial charge in [0.05, 0.1) is 6.26 Å². The minimum atomic E-state index is -0.586. The van der Waals surface area contributed by atoms with Crippen molar-refractivity contribution < 1.29 is 9.21 Å². The molecule has 1 aromatic heterocycles. The van der Waals surface area contributed by atoms with Gasteiger partial charge in [-0.15, -0.1) is 0 Å². The van der Waals surface area contributed by atoms with Crippen molar-refractivity contribution in [1.29, 1.82) is 0 Å². The van der Waals surface area contributed by atoms with Gasteiger partial charge in [0, 0.05) is 5.56 Å². The van der Waals surface area contributed by atoms with Crippen molar-refractivity contribution in [3.63, 3.8) is 0 Å². The van der Waals surface area contributed by atoms with Crippen molar-refractivity contribution >= 4 is 5.78 Å². The molecule has 0 amide bonds. The Balaban J connectivity index is 3.26. The van der Waals surface area contributed by atoms with Crippen molar-refractivity contribution in [3.05, 3.63) is 23.7 Å². The fourth-order valence-corrected chi connectivity index (χ4v) is 1.64. The quantitative estimate of drug-likeness (QED) is 0.739. The van der Waals surface area contributed by atoms with E-state index in [0.29, 0.717) is 0 Å². The van der Waals surface area contributed by atoms with E-state index < -0.39 is 5.54 Å². The Kier molecular flexibility index (Phi) is 2.81. The smallest absolute Gasteiger partial charge is 0.154 e. The molecule has 1 atom stereocenters. The lowest BCUT2D eigenvalue weighted by Gasteiger charge is -2.33. The molecule has 0 aliphatic carbocycles. The van der Waals surface area contributed by atoms with Gasteiger partial charge in [-0.05, 0) is 40.9 Å². The van der Waals surface area contributed by atoms with Crippen molar-refractivity contribution in [1.82, 2.24) is 4.90 Å². The lowest BCUT2D eigenvalue weighted by Crippen LogP contribution is -2.44. The van der Waals surface area contributed by atoms with Gasteiger partial charge in [0.15, 0.2) is 5.78 Å². The molecule has 0 saturated carbocycles. The highest BCUT2D eigenvalue weighted by Crippen LogP contribution is 2.30. The number of carbonyl (C=O) groups excluding carboxylic acids is 1. The highest BCUT2D eigenvalue weighted by atomic mass is 16.3. The van der Waals surface area contributed by atoms with Crippen LogP contribution in [-0.2, 0) is 10.3 Å². The topological polar surface area (TPSA) is 33.5 Å². The molecule has 1 rings (SSSR count). The summed E-state index contributed by atoms with van der Waals surface area (Å²) in [7, 11) is 3.79. The first-order valence-electron chi connectivity index (χ1n) is 4.63. The molecule has 0 bridgehead atoms. The third kappa shape index (κ3) is 1.48. The van der Waals surface area contributed by atoms with Gasteiger partial charge in [-0.1, -0.05) is 0 Å². The molecule has 1 unspecified atom stereocenters. The fourth-order valence-electron chi connectivity index (χ4n) is 1.64. The number of rotatable bonds is 3. The molecular formula is C11H17NO2. The van der Waals surface area contributed by atoms with Crippen LogP contribution in [0, 0.1) is 6.92 Å². The summed E-state index contributed by atoms with van der Waals surface area (Å²) in [5.41, 5.74) is 0.354. The van der Waals surface area contributed by atoms with Crippen LogP contribution < -0.4 is 0 Å². The van der Waals surface area contributed by atoms with Crippen molar-refractivity contribution in [2.45, 2.75) is 26.3 Å². The van der Waals surface area contributed by atoms with Crippen molar-refractivity contribution in [3.8, 4) is 0 Å². The molecule has 1 heterocycles. The number of nitrogens with zero attached hydrogens (tertiary/aromatic N) is 1. The van der Waals surface area contributed by atoms with E-state index in [0.717, 1.165) is 11.3 Å². The SMILES string of the molecule is CC(=O)C(C)(c1ccoc1C)N(C)C. The Labute approximate surface area is 84.7 Å². The zero-order valence-electron chi connectivity index (χ0n) is 9.42. The molecule has 78 valence electrons. The van der Waals surface area contributed by atoms with Crippen LogP contribution in [0.1, 0.15) is 25.2 Å². The van der Waals surface area contributed by atoms with Crippen LogP contribution in [0.3, 0.4) is 0 Å². The number of ketones is 1. The van der Waals surface area contributed by atoms with Gasteiger partial charge in [0.25, 0.3) is 0 Å². The fraction of sp³-hybridized carbons (Fsp3) is 0.545. The van der Waals surface area contributed by atoms with Crippen LogP contribution in [0.4, 0.5) is 0 Å². The zero-order valence-corrected chi connectivity index (χ0v) is 9.42. The predicted octanol–water partition coefficient (Wildman–Crippen LogP) is 1.95. The van der Waals surface area contributed by atoms with Gasteiger partial charge in [-0.25, -0.2) is 0 Å². The van der Waals surface area contributed by atoms with Crippen LogP contribution in [0.2, 0.25) is 0 Å². The van der Waals surface area contributed by atoms with Gasteiger partial charge < -0.3 is 4.42 Å². The van der Waals surface area contributed by atoms with E-state index in [4.69, 9.17) is 4.42 Å². The molecule has 0 N–H and O–H groups in total. The number of hydrogen-bond acceptors (Lipinski definition) is 3. The predicted molar refractivity (Wildman–Crippen MR) is 55.2 cm³/mol. The molecule has 3 nitrogen and oxygen atoms in total. The lowest BCUT2D eigenvalue weighted by molar-refractivity contribution is -0.127. The number of hydrogen-bond donors (Lipinski definition) is 0. The highest BCUT2D eigenvalue weighted by molar-refractivity contribution is 5.87. The standard InChI is InChI=1S/C11H17NO2/c1-8-10(6-7-14-8)11(3,9(2)13)12(4)5/h6-7H,1-5H3. The average Bonchev–Trinajstić information content (AvgIpc) is 2.49. The molecule has 0 aliphatic rings. The molecule has 3 heteroatoms. The van der Waals surface area contributed by atoms with Crippen LogP contribution in [0.15, 0.2) is 16.7 Å². The van der Waals surface area contributed by atoms with Crippen molar-refractivity contribution in [2.75, 3.05) is 14.1 Å². The normalized spacial score (nSPS) is 15.6. The van der Waals surface area contributed by atoms with Crippen LogP contribution >= 0.6 is 0 Å². The van der Waals surface area contributed by atoms with Crippen LogP contribution in [0.5, 0.6) is 0 Å². The van der Waals surface area contributed by atoms with Gasteiger partial charge in [-0.2, -0.15) is 0 Å². The first kappa shape index (κ1) is 11.0. The third-order valence-corrected chi connectivity index (χ3v) is 2.96. The summed E-state index contributed by atoms with van der Waals surface area (Å²) < 4.78 is 5.23. The van der Waals surface area contributed by atoms with E-state index >= 15 is 0 Å². The van der Waals surface area contributed by atoms with Gasteiger partial charge in [-0.3, -0.25) is 9.69 Å². The molecule has 0 aliphatic heterocycles. The maximum absolute atomic E-state index is 11.7. The van der Waals surface area contributed by atoms with Gasteiger partial charge in [0.2, 0.25) is 0 Å². The van der Waals surface area contributed by atoms with E-state index in [1.54, 1.807) is 13.2 Å². The minimum Gasteiger partial charge on any atom is -0.469 e. The van der Waals surface area contributed by atoms with Crippen LogP contribution in [0.25, 0.3) is 0 Å². The summed E-state index contributed by atoms with van der Waals surface area (Å²) in [5.74, 6) is 0.920. The third-order valence-electron chi connectivity index (χ3n) is 2.96. The molecule has 14 heavy (non-hydrogen) atoms. The summed E-state index contributed by atoms with van der Waals surface area (Å²) in [5, 5.41) is 0. The summed E-state index contributed by atoms with van der Waals surface area (Å²) >= 11 is 0. The Hall–Kier alpha value is -1.09. The number of furan rings is 1. The van der Waals surface area contributed by atoms with E-state index in [1.807, 2.05) is 38.9 Å². The number of aryl methyl sites for hydroxylation is 1. The number of likely N-dealkylation sites (N-methyl/N-ethyl adjacent to an activating group) is 1. The average molecular weight is 195 g/mol. The summed E-state index contributed by atoms with van der Waals surface area (Å²) in [4.78, 5) is 13.6. The molecule has 0 fully saturated rings. The summed E-state index contributed by atoms with van der Waals surface area (Å²) in [6.07, 6.45) is 1.62. The molecule has 0 radical (unpaired) electrons. The first-order valence-corrected chi connectivity index (χ1v) is 4.63.